The summed E-state index contributed by atoms with van der Waals surface area (Å²) in [6.45, 7) is 6.39. The lowest BCUT2D eigenvalue weighted by molar-refractivity contribution is 0.0952. The standard InChI is InChI=1S/C28H31ClN2O/c1-21(23-6-4-22(5-7-23)20-31-18-2-3-19-31)16-17-30-28(32)26-10-8-24(9-11-26)25-12-14-27(29)15-13-25/h4-15,21H,2-3,16-20H2,1H3,(H,30,32). The highest BCUT2D eigenvalue weighted by molar-refractivity contribution is 6.30. The highest BCUT2D eigenvalue weighted by Crippen LogP contribution is 2.23. The molecule has 1 amide bonds. The molecule has 0 aromatic heterocycles. The van der Waals surface area contributed by atoms with Crippen molar-refractivity contribution < 1.29 is 4.79 Å². The molecule has 4 heteroatoms. The maximum Gasteiger partial charge on any atom is 0.251 e. The normalized spacial score (nSPS) is 14.9. The van der Waals surface area contributed by atoms with Crippen molar-refractivity contribution in [1.82, 2.24) is 10.2 Å². The smallest absolute Gasteiger partial charge is 0.251 e. The summed E-state index contributed by atoms with van der Waals surface area (Å²) in [5.41, 5.74) is 5.55. The van der Waals surface area contributed by atoms with Crippen LogP contribution in [0.15, 0.2) is 72.8 Å². The number of amides is 1. The first-order valence-corrected chi connectivity index (χ1v) is 11.9. The van der Waals surface area contributed by atoms with Gasteiger partial charge in [-0.25, -0.2) is 0 Å². The van der Waals surface area contributed by atoms with Gasteiger partial charge < -0.3 is 5.32 Å². The van der Waals surface area contributed by atoms with E-state index >= 15 is 0 Å². The Bertz CT molecular complexity index is 1010. The van der Waals surface area contributed by atoms with Crippen LogP contribution in [0.5, 0.6) is 0 Å². The molecule has 0 saturated carbocycles. The number of carbonyl (C=O) groups excluding carboxylic acids is 1. The summed E-state index contributed by atoms with van der Waals surface area (Å²) < 4.78 is 0. The third kappa shape index (κ3) is 5.99. The Balaban J connectivity index is 1.24. The van der Waals surface area contributed by atoms with Gasteiger partial charge in [0.1, 0.15) is 0 Å². The fourth-order valence-corrected chi connectivity index (χ4v) is 4.40. The third-order valence-corrected chi connectivity index (χ3v) is 6.59. The zero-order chi connectivity index (χ0) is 22.3. The SMILES string of the molecule is CC(CCNC(=O)c1ccc(-c2ccc(Cl)cc2)cc1)c1ccc(CN2CCCC2)cc1. The Kier molecular flexibility index (Phi) is 7.62. The van der Waals surface area contributed by atoms with Gasteiger partial charge in [-0.05, 0) is 84.8 Å². The molecule has 0 aliphatic carbocycles. The van der Waals surface area contributed by atoms with E-state index < -0.39 is 0 Å². The topological polar surface area (TPSA) is 32.3 Å². The van der Waals surface area contributed by atoms with Gasteiger partial charge in [-0.1, -0.05) is 67.1 Å². The Morgan fingerprint density at radius 2 is 1.50 bits per heavy atom. The minimum atomic E-state index is -0.0270. The number of nitrogens with zero attached hydrogens (tertiary/aromatic N) is 1. The van der Waals surface area contributed by atoms with Gasteiger partial charge >= 0.3 is 0 Å². The number of hydrogen-bond donors (Lipinski definition) is 1. The van der Waals surface area contributed by atoms with E-state index in [2.05, 4.69) is 41.4 Å². The summed E-state index contributed by atoms with van der Waals surface area (Å²) in [6.07, 6.45) is 3.57. The van der Waals surface area contributed by atoms with Crippen LogP contribution in [0.1, 0.15) is 53.6 Å². The maximum atomic E-state index is 12.5. The van der Waals surface area contributed by atoms with E-state index in [1.807, 2.05) is 48.5 Å². The van der Waals surface area contributed by atoms with Gasteiger partial charge in [-0.2, -0.15) is 0 Å². The predicted molar refractivity (Wildman–Crippen MR) is 133 cm³/mol. The van der Waals surface area contributed by atoms with E-state index in [-0.39, 0.29) is 5.91 Å². The van der Waals surface area contributed by atoms with E-state index in [1.165, 1.54) is 37.1 Å². The van der Waals surface area contributed by atoms with Crippen LogP contribution in [0.4, 0.5) is 0 Å². The fraction of sp³-hybridized carbons (Fsp3) is 0.321. The highest BCUT2D eigenvalue weighted by Gasteiger charge is 2.13. The number of benzene rings is 3. The lowest BCUT2D eigenvalue weighted by Crippen LogP contribution is -2.25. The summed E-state index contributed by atoms with van der Waals surface area (Å²) in [7, 11) is 0. The first-order valence-electron chi connectivity index (χ1n) is 11.5. The van der Waals surface area contributed by atoms with E-state index in [0.717, 1.165) is 29.1 Å². The van der Waals surface area contributed by atoms with Crippen LogP contribution in [0, 0.1) is 0 Å². The molecule has 1 unspecified atom stereocenters. The molecule has 166 valence electrons. The molecular weight excluding hydrogens is 416 g/mol. The molecule has 3 aromatic carbocycles. The van der Waals surface area contributed by atoms with Crippen LogP contribution in [0.25, 0.3) is 11.1 Å². The minimum Gasteiger partial charge on any atom is -0.352 e. The van der Waals surface area contributed by atoms with Gasteiger partial charge in [0, 0.05) is 23.7 Å². The first-order chi connectivity index (χ1) is 15.6. The van der Waals surface area contributed by atoms with Crippen molar-refractivity contribution in [1.29, 1.82) is 0 Å². The van der Waals surface area contributed by atoms with Crippen molar-refractivity contribution in [3.8, 4) is 11.1 Å². The third-order valence-electron chi connectivity index (χ3n) is 6.34. The van der Waals surface area contributed by atoms with Crippen LogP contribution in [0.3, 0.4) is 0 Å². The van der Waals surface area contributed by atoms with Crippen LogP contribution in [-0.2, 0) is 6.54 Å². The summed E-state index contributed by atoms with van der Waals surface area (Å²) in [5.74, 6) is 0.379. The van der Waals surface area contributed by atoms with Crippen LogP contribution in [-0.4, -0.2) is 30.4 Å². The van der Waals surface area contributed by atoms with Crippen LogP contribution in [0.2, 0.25) is 5.02 Å². The zero-order valence-corrected chi connectivity index (χ0v) is 19.4. The van der Waals surface area contributed by atoms with E-state index in [4.69, 9.17) is 11.6 Å². The number of carbonyl (C=O) groups is 1. The predicted octanol–water partition coefficient (Wildman–Crippen LogP) is 6.53. The van der Waals surface area contributed by atoms with Crippen molar-refractivity contribution in [2.75, 3.05) is 19.6 Å². The monoisotopic (exact) mass is 446 g/mol. The van der Waals surface area contributed by atoms with Gasteiger partial charge in [0.25, 0.3) is 5.91 Å². The second-order valence-electron chi connectivity index (χ2n) is 8.75. The molecule has 32 heavy (non-hydrogen) atoms. The zero-order valence-electron chi connectivity index (χ0n) is 18.7. The molecule has 3 nitrogen and oxygen atoms in total. The van der Waals surface area contributed by atoms with Crippen LogP contribution >= 0.6 is 11.6 Å². The molecule has 0 bridgehead atoms. The van der Waals surface area contributed by atoms with Gasteiger partial charge in [-0.3, -0.25) is 9.69 Å². The lowest BCUT2D eigenvalue weighted by atomic mass is 9.96. The molecule has 1 atom stereocenters. The number of likely N-dealkylation sites (tertiary alicyclic amines) is 1. The molecule has 1 fully saturated rings. The second-order valence-corrected chi connectivity index (χ2v) is 9.19. The summed E-state index contributed by atoms with van der Waals surface area (Å²) in [6, 6.07) is 24.4. The Morgan fingerprint density at radius 1 is 0.906 bits per heavy atom. The Labute approximate surface area is 196 Å². The largest absolute Gasteiger partial charge is 0.352 e. The number of hydrogen-bond acceptors (Lipinski definition) is 2. The molecule has 1 saturated heterocycles. The quantitative estimate of drug-likeness (QED) is 0.426. The molecule has 1 N–H and O–H groups in total. The Hall–Kier alpha value is -2.62. The van der Waals surface area contributed by atoms with Crippen molar-refractivity contribution in [3.63, 3.8) is 0 Å². The molecule has 4 rings (SSSR count). The van der Waals surface area contributed by atoms with Crippen LogP contribution < -0.4 is 5.32 Å². The maximum absolute atomic E-state index is 12.5. The number of nitrogens with one attached hydrogen (secondary N) is 1. The van der Waals surface area contributed by atoms with Gasteiger partial charge in [-0.15, -0.1) is 0 Å². The average molecular weight is 447 g/mol. The summed E-state index contributed by atoms with van der Waals surface area (Å²) in [5, 5.41) is 3.78. The average Bonchev–Trinajstić information content (AvgIpc) is 3.33. The van der Waals surface area contributed by atoms with Gasteiger partial charge in [0.15, 0.2) is 0 Å². The summed E-state index contributed by atoms with van der Waals surface area (Å²) in [4.78, 5) is 15.1. The van der Waals surface area contributed by atoms with Crippen molar-refractivity contribution in [3.05, 3.63) is 94.5 Å². The van der Waals surface area contributed by atoms with Gasteiger partial charge in [0.2, 0.25) is 0 Å². The second kappa shape index (κ2) is 10.8. The fourth-order valence-electron chi connectivity index (χ4n) is 4.28. The Morgan fingerprint density at radius 3 is 2.12 bits per heavy atom. The molecular formula is C28H31ClN2O. The van der Waals surface area contributed by atoms with Gasteiger partial charge in [0.05, 0.1) is 0 Å². The minimum absolute atomic E-state index is 0.0270. The number of halogens is 1. The molecule has 1 aliphatic heterocycles. The molecule has 0 radical (unpaired) electrons. The number of rotatable bonds is 8. The van der Waals surface area contributed by atoms with E-state index in [0.29, 0.717) is 18.0 Å². The van der Waals surface area contributed by atoms with Crippen molar-refractivity contribution in [2.24, 2.45) is 0 Å². The first kappa shape index (κ1) is 22.6. The highest BCUT2D eigenvalue weighted by atomic mass is 35.5. The van der Waals surface area contributed by atoms with Crippen molar-refractivity contribution >= 4 is 17.5 Å². The lowest BCUT2D eigenvalue weighted by Gasteiger charge is -2.16. The van der Waals surface area contributed by atoms with E-state index in [1.54, 1.807) is 0 Å². The summed E-state index contributed by atoms with van der Waals surface area (Å²) >= 11 is 5.96. The van der Waals surface area contributed by atoms with E-state index in [9.17, 15) is 4.79 Å². The molecule has 1 aliphatic rings. The molecule has 1 heterocycles. The van der Waals surface area contributed by atoms with Crippen molar-refractivity contribution in [2.45, 2.75) is 38.6 Å². The molecule has 0 spiro atoms. The molecule has 3 aromatic rings.